The van der Waals surface area contributed by atoms with E-state index in [4.69, 9.17) is 12.2 Å². The predicted molar refractivity (Wildman–Crippen MR) is 95.0 cm³/mol. The van der Waals surface area contributed by atoms with Crippen LogP contribution in [0.5, 0.6) is 0 Å². The Morgan fingerprint density at radius 1 is 1.30 bits per heavy atom. The smallest absolute Gasteiger partial charge is 0.222 e. The van der Waals surface area contributed by atoms with E-state index in [0.717, 1.165) is 44.7 Å². The van der Waals surface area contributed by atoms with Crippen molar-refractivity contribution in [2.75, 3.05) is 13.1 Å². The fourth-order valence-corrected chi connectivity index (χ4v) is 3.67. The Hall–Kier alpha value is -1.17. The molecule has 0 aliphatic carbocycles. The van der Waals surface area contributed by atoms with Gasteiger partial charge in [-0.2, -0.15) is 5.10 Å². The second-order valence-electron chi connectivity index (χ2n) is 6.47. The molecule has 1 aromatic heterocycles. The zero-order chi connectivity index (χ0) is 16.7. The summed E-state index contributed by atoms with van der Waals surface area (Å²) in [6.45, 7) is 6.79. The molecule has 1 amide bonds. The van der Waals surface area contributed by atoms with Crippen LogP contribution in [0.1, 0.15) is 77.0 Å². The number of hydrogen-bond acceptors (Lipinski definition) is 3. The summed E-state index contributed by atoms with van der Waals surface area (Å²) < 4.78 is 2.74. The zero-order valence-electron chi connectivity index (χ0n) is 14.5. The minimum Gasteiger partial charge on any atom is -0.342 e. The molecule has 5 nitrogen and oxygen atoms in total. The van der Waals surface area contributed by atoms with Crippen molar-refractivity contribution in [3.05, 3.63) is 10.6 Å². The molecule has 0 bridgehead atoms. The number of rotatable bonds is 8. The molecule has 23 heavy (non-hydrogen) atoms. The molecule has 0 aromatic carbocycles. The molecular weight excluding hydrogens is 308 g/mol. The number of H-pyrrole nitrogens is 1. The van der Waals surface area contributed by atoms with Crippen LogP contribution in [0.4, 0.5) is 0 Å². The lowest BCUT2D eigenvalue weighted by molar-refractivity contribution is -0.132. The van der Waals surface area contributed by atoms with Gasteiger partial charge in [-0.1, -0.05) is 32.6 Å². The van der Waals surface area contributed by atoms with E-state index in [9.17, 15) is 4.79 Å². The molecule has 6 heteroatoms. The monoisotopic (exact) mass is 338 g/mol. The maximum Gasteiger partial charge on any atom is 0.222 e. The molecule has 2 heterocycles. The van der Waals surface area contributed by atoms with Gasteiger partial charge in [0.2, 0.25) is 5.91 Å². The number of aromatic nitrogens is 3. The van der Waals surface area contributed by atoms with E-state index in [1.54, 1.807) is 0 Å². The molecule has 2 rings (SSSR count). The first-order valence-electron chi connectivity index (χ1n) is 9.10. The van der Waals surface area contributed by atoms with Crippen LogP contribution in [0.25, 0.3) is 0 Å². The van der Waals surface area contributed by atoms with Crippen molar-refractivity contribution in [2.24, 2.45) is 0 Å². The second kappa shape index (κ2) is 9.21. The maximum atomic E-state index is 12.4. The number of aromatic amines is 1. The third kappa shape index (κ3) is 4.90. The summed E-state index contributed by atoms with van der Waals surface area (Å²) >= 11 is 5.28. The molecular formula is C17H30N4OS. The molecule has 0 unspecified atom stereocenters. The van der Waals surface area contributed by atoms with Gasteiger partial charge >= 0.3 is 0 Å². The van der Waals surface area contributed by atoms with Crippen LogP contribution in [0.15, 0.2) is 0 Å². The van der Waals surface area contributed by atoms with Gasteiger partial charge in [-0.05, 0) is 38.4 Å². The quantitative estimate of drug-likeness (QED) is 0.575. The molecule has 0 radical (unpaired) electrons. The van der Waals surface area contributed by atoms with Gasteiger partial charge in [0.25, 0.3) is 0 Å². The van der Waals surface area contributed by atoms with Crippen LogP contribution in [-0.2, 0) is 11.3 Å². The van der Waals surface area contributed by atoms with E-state index in [1.165, 1.54) is 25.7 Å². The highest BCUT2D eigenvalue weighted by Gasteiger charge is 2.27. The Morgan fingerprint density at radius 2 is 2.09 bits per heavy atom. The zero-order valence-corrected chi connectivity index (χ0v) is 15.3. The fourth-order valence-electron chi connectivity index (χ4n) is 3.40. The Labute approximate surface area is 144 Å². The van der Waals surface area contributed by atoms with E-state index in [1.807, 2.05) is 4.90 Å². The van der Waals surface area contributed by atoms with Crippen LogP contribution in [-0.4, -0.2) is 38.7 Å². The Kier molecular flexibility index (Phi) is 7.27. The largest absolute Gasteiger partial charge is 0.342 e. The van der Waals surface area contributed by atoms with Gasteiger partial charge in [-0.15, -0.1) is 0 Å². The lowest BCUT2D eigenvalue weighted by Crippen LogP contribution is -2.39. The van der Waals surface area contributed by atoms with E-state index >= 15 is 0 Å². The van der Waals surface area contributed by atoms with Gasteiger partial charge in [0.05, 0.1) is 0 Å². The number of carbonyl (C=O) groups excluding carboxylic acids is 1. The number of nitrogens with zero attached hydrogens (tertiary/aromatic N) is 3. The van der Waals surface area contributed by atoms with Crippen molar-refractivity contribution in [2.45, 2.75) is 77.7 Å². The van der Waals surface area contributed by atoms with E-state index in [0.29, 0.717) is 23.0 Å². The standard InChI is InChI=1S/C17H30N4OS/c1-3-5-6-7-8-11-15(22)20-12-9-10-14(13-20)16-18-19-17(23)21(16)4-2/h14H,3-13H2,1-2H3,(H,19,23)/t14-/m0/s1. The van der Waals surface area contributed by atoms with Gasteiger partial charge in [0, 0.05) is 32.0 Å². The average molecular weight is 339 g/mol. The topological polar surface area (TPSA) is 53.9 Å². The Morgan fingerprint density at radius 3 is 2.83 bits per heavy atom. The fraction of sp³-hybridized carbons (Fsp3) is 0.824. The highest BCUT2D eigenvalue weighted by atomic mass is 32.1. The lowest BCUT2D eigenvalue weighted by Gasteiger charge is -2.32. The first kappa shape index (κ1) is 18.2. The van der Waals surface area contributed by atoms with E-state index in [2.05, 4.69) is 28.6 Å². The molecule has 1 saturated heterocycles. The lowest BCUT2D eigenvalue weighted by atomic mass is 9.96. The summed E-state index contributed by atoms with van der Waals surface area (Å²) in [4.78, 5) is 14.5. The Balaban J connectivity index is 1.87. The summed E-state index contributed by atoms with van der Waals surface area (Å²) in [6.07, 6.45) is 8.79. The predicted octanol–water partition coefficient (Wildman–Crippen LogP) is 4.03. The Bertz CT molecular complexity index is 551. The normalized spacial score (nSPS) is 18.3. The van der Waals surface area contributed by atoms with Crippen molar-refractivity contribution in [1.82, 2.24) is 19.7 Å². The molecule has 0 saturated carbocycles. The van der Waals surface area contributed by atoms with Crippen molar-refractivity contribution < 1.29 is 4.79 Å². The number of nitrogens with one attached hydrogen (secondary N) is 1. The van der Waals surface area contributed by atoms with Crippen molar-refractivity contribution in [3.63, 3.8) is 0 Å². The molecule has 0 spiro atoms. The van der Waals surface area contributed by atoms with Crippen molar-refractivity contribution in [1.29, 1.82) is 0 Å². The van der Waals surface area contributed by atoms with Crippen LogP contribution in [0, 0.1) is 4.77 Å². The number of amides is 1. The van der Waals surface area contributed by atoms with Gasteiger partial charge in [0.15, 0.2) is 4.77 Å². The molecule has 130 valence electrons. The van der Waals surface area contributed by atoms with Crippen molar-refractivity contribution in [3.8, 4) is 0 Å². The molecule has 1 atom stereocenters. The van der Waals surface area contributed by atoms with Crippen LogP contribution < -0.4 is 0 Å². The first-order valence-corrected chi connectivity index (χ1v) is 9.51. The average Bonchev–Trinajstić information content (AvgIpc) is 2.95. The summed E-state index contributed by atoms with van der Waals surface area (Å²) in [5, 5.41) is 7.30. The SMILES string of the molecule is CCCCCCCC(=O)N1CCC[C@H](c2n[nH]c(=S)n2CC)C1. The summed E-state index contributed by atoms with van der Waals surface area (Å²) in [5.74, 6) is 1.63. The minimum atomic E-state index is 0.306. The molecule has 1 aliphatic heterocycles. The maximum absolute atomic E-state index is 12.4. The first-order chi connectivity index (χ1) is 11.2. The van der Waals surface area contributed by atoms with Crippen LogP contribution >= 0.6 is 12.2 Å². The molecule has 1 fully saturated rings. The van der Waals surface area contributed by atoms with E-state index < -0.39 is 0 Å². The summed E-state index contributed by atoms with van der Waals surface area (Å²) in [5.41, 5.74) is 0. The molecule has 1 aromatic rings. The van der Waals surface area contributed by atoms with Crippen molar-refractivity contribution >= 4 is 18.1 Å². The number of likely N-dealkylation sites (tertiary alicyclic amines) is 1. The third-order valence-electron chi connectivity index (χ3n) is 4.74. The van der Waals surface area contributed by atoms with E-state index in [-0.39, 0.29) is 0 Å². The van der Waals surface area contributed by atoms with Gasteiger partial charge in [0.1, 0.15) is 5.82 Å². The van der Waals surface area contributed by atoms with Gasteiger partial charge in [-0.3, -0.25) is 9.89 Å². The number of carbonyl (C=O) groups is 1. The second-order valence-corrected chi connectivity index (χ2v) is 6.86. The summed E-state index contributed by atoms with van der Waals surface area (Å²) in [6, 6.07) is 0. The van der Waals surface area contributed by atoms with Gasteiger partial charge in [-0.25, -0.2) is 0 Å². The number of hydrogen-bond donors (Lipinski definition) is 1. The van der Waals surface area contributed by atoms with Crippen LogP contribution in [0.2, 0.25) is 0 Å². The highest BCUT2D eigenvalue weighted by Crippen LogP contribution is 2.26. The molecule has 1 N–H and O–H groups in total. The van der Waals surface area contributed by atoms with Gasteiger partial charge < -0.3 is 9.47 Å². The highest BCUT2D eigenvalue weighted by molar-refractivity contribution is 7.71. The minimum absolute atomic E-state index is 0.306. The molecule has 1 aliphatic rings. The summed E-state index contributed by atoms with van der Waals surface area (Å²) in [7, 11) is 0. The number of unbranched alkanes of at least 4 members (excludes halogenated alkanes) is 4. The third-order valence-corrected chi connectivity index (χ3v) is 5.05. The van der Waals surface area contributed by atoms with Crippen LogP contribution in [0.3, 0.4) is 0 Å². The number of piperidine rings is 1.